The number of nitrogens with zero attached hydrogens (tertiary/aromatic N) is 3. The predicted molar refractivity (Wildman–Crippen MR) is 106 cm³/mol. The van der Waals surface area contributed by atoms with Crippen molar-refractivity contribution in [3.63, 3.8) is 0 Å². The van der Waals surface area contributed by atoms with Crippen molar-refractivity contribution in [1.29, 1.82) is 0 Å². The number of alkyl halides is 3. The standard InChI is InChI=1S/C22H21F3N4/c1-13(22(23,24)25)17-12-27-29-9-8-15(10-20(17)29)18-11-26-21-16(18)6-7-19(28-21)14-4-2-3-5-14/h6-14H,2-5H2,1H3,(H,26,28). The fourth-order valence-corrected chi connectivity index (χ4v) is 4.38. The third kappa shape index (κ3) is 3.09. The first-order valence-electron chi connectivity index (χ1n) is 9.94. The van der Waals surface area contributed by atoms with Crippen LogP contribution < -0.4 is 0 Å². The molecule has 0 aliphatic heterocycles. The van der Waals surface area contributed by atoms with Gasteiger partial charge in [0.15, 0.2) is 0 Å². The Balaban J connectivity index is 1.57. The van der Waals surface area contributed by atoms with Crippen LogP contribution >= 0.6 is 0 Å². The third-order valence-electron chi connectivity index (χ3n) is 6.15. The molecule has 7 heteroatoms. The highest BCUT2D eigenvalue weighted by Gasteiger charge is 2.38. The van der Waals surface area contributed by atoms with Gasteiger partial charge < -0.3 is 4.98 Å². The fourth-order valence-electron chi connectivity index (χ4n) is 4.38. The molecule has 4 nitrogen and oxygen atoms in total. The molecule has 5 rings (SSSR count). The zero-order valence-corrected chi connectivity index (χ0v) is 16.0. The van der Waals surface area contributed by atoms with E-state index in [9.17, 15) is 13.2 Å². The molecule has 1 atom stereocenters. The second-order valence-electron chi connectivity index (χ2n) is 7.92. The van der Waals surface area contributed by atoms with Crippen molar-refractivity contribution in [1.82, 2.24) is 19.6 Å². The minimum Gasteiger partial charge on any atom is -0.346 e. The quantitative estimate of drug-likeness (QED) is 0.446. The Morgan fingerprint density at radius 2 is 1.97 bits per heavy atom. The maximum Gasteiger partial charge on any atom is 0.395 e. The Bertz CT molecular complexity index is 1180. The molecule has 1 N–H and O–H groups in total. The van der Waals surface area contributed by atoms with E-state index in [0.29, 0.717) is 11.4 Å². The van der Waals surface area contributed by atoms with E-state index in [-0.39, 0.29) is 5.56 Å². The van der Waals surface area contributed by atoms with Gasteiger partial charge in [-0.1, -0.05) is 12.8 Å². The molecule has 0 radical (unpaired) electrons. The molecule has 1 unspecified atom stereocenters. The summed E-state index contributed by atoms with van der Waals surface area (Å²) in [6.45, 7) is 1.17. The molecular weight excluding hydrogens is 377 g/mol. The van der Waals surface area contributed by atoms with Crippen molar-refractivity contribution >= 4 is 16.6 Å². The lowest BCUT2D eigenvalue weighted by Crippen LogP contribution is -2.17. The summed E-state index contributed by atoms with van der Waals surface area (Å²) >= 11 is 0. The van der Waals surface area contributed by atoms with Crippen LogP contribution in [-0.2, 0) is 0 Å². The molecule has 4 heterocycles. The topological polar surface area (TPSA) is 46.0 Å². The molecule has 29 heavy (non-hydrogen) atoms. The Morgan fingerprint density at radius 3 is 2.72 bits per heavy atom. The first-order chi connectivity index (χ1) is 13.9. The summed E-state index contributed by atoms with van der Waals surface area (Å²) in [5.41, 5.74) is 4.37. The summed E-state index contributed by atoms with van der Waals surface area (Å²) in [5.74, 6) is -1.05. The monoisotopic (exact) mass is 398 g/mol. The molecule has 1 saturated carbocycles. The largest absolute Gasteiger partial charge is 0.395 e. The molecule has 1 aliphatic rings. The molecule has 150 valence electrons. The minimum absolute atomic E-state index is 0.181. The van der Waals surface area contributed by atoms with Crippen LogP contribution in [0, 0.1) is 0 Å². The van der Waals surface area contributed by atoms with Crippen LogP contribution in [0.15, 0.2) is 42.9 Å². The number of fused-ring (bicyclic) bond motifs is 2. The minimum atomic E-state index is -4.30. The highest BCUT2D eigenvalue weighted by Crippen LogP contribution is 2.38. The van der Waals surface area contributed by atoms with Gasteiger partial charge in [-0.15, -0.1) is 0 Å². The number of H-pyrrole nitrogens is 1. The Morgan fingerprint density at radius 1 is 1.17 bits per heavy atom. The van der Waals surface area contributed by atoms with Gasteiger partial charge in [0.25, 0.3) is 0 Å². The van der Waals surface area contributed by atoms with Gasteiger partial charge in [-0.3, -0.25) is 0 Å². The van der Waals surface area contributed by atoms with E-state index in [1.54, 1.807) is 12.3 Å². The van der Waals surface area contributed by atoms with Gasteiger partial charge in [0.05, 0.1) is 17.6 Å². The molecule has 0 aromatic carbocycles. The summed E-state index contributed by atoms with van der Waals surface area (Å²) in [6.07, 6.45) is 5.47. The van der Waals surface area contributed by atoms with E-state index in [0.717, 1.165) is 27.9 Å². The van der Waals surface area contributed by atoms with Crippen molar-refractivity contribution < 1.29 is 13.2 Å². The van der Waals surface area contributed by atoms with Crippen molar-refractivity contribution in [3.8, 4) is 11.1 Å². The maximum atomic E-state index is 13.2. The lowest BCUT2D eigenvalue weighted by molar-refractivity contribution is -0.146. The first-order valence-corrected chi connectivity index (χ1v) is 9.94. The van der Waals surface area contributed by atoms with Crippen LogP contribution in [-0.4, -0.2) is 25.8 Å². The number of pyridine rings is 2. The predicted octanol–water partition coefficient (Wildman–Crippen LogP) is 6.20. The van der Waals surface area contributed by atoms with Gasteiger partial charge in [0, 0.05) is 40.5 Å². The van der Waals surface area contributed by atoms with E-state index in [4.69, 9.17) is 4.98 Å². The van der Waals surface area contributed by atoms with E-state index in [2.05, 4.69) is 22.2 Å². The summed E-state index contributed by atoms with van der Waals surface area (Å²) in [7, 11) is 0. The lowest BCUT2D eigenvalue weighted by Gasteiger charge is -2.14. The van der Waals surface area contributed by atoms with Crippen molar-refractivity contribution in [3.05, 3.63) is 54.1 Å². The summed E-state index contributed by atoms with van der Waals surface area (Å²) < 4.78 is 41.2. The summed E-state index contributed by atoms with van der Waals surface area (Å²) in [5, 5.41) is 5.06. The van der Waals surface area contributed by atoms with Crippen molar-refractivity contribution in [2.45, 2.75) is 50.6 Å². The van der Waals surface area contributed by atoms with Gasteiger partial charge in [0.2, 0.25) is 0 Å². The highest BCUT2D eigenvalue weighted by atomic mass is 19.4. The van der Waals surface area contributed by atoms with E-state index in [1.807, 2.05) is 12.3 Å². The first kappa shape index (κ1) is 18.2. The average molecular weight is 398 g/mol. The molecule has 4 aromatic heterocycles. The Kier molecular flexibility index (Phi) is 4.15. The van der Waals surface area contributed by atoms with Crippen LogP contribution in [0.3, 0.4) is 0 Å². The van der Waals surface area contributed by atoms with Crippen LogP contribution in [0.2, 0.25) is 0 Å². The second kappa shape index (κ2) is 6.61. The van der Waals surface area contributed by atoms with Crippen LogP contribution in [0.25, 0.3) is 27.7 Å². The number of halogens is 3. The lowest BCUT2D eigenvalue weighted by atomic mass is 9.99. The zero-order chi connectivity index (χ0) is 20.2. The molecule has 4 aromatic rings. The molecule has 1 fully saturated rings. The van der Waals surface area contributed by atoms with Crippen LogP contribution in [0.4, 0.5) is 13.2 Å². The van der Waals surface area contributed by atoms with Gasteiger partial charge >= 0.3 is 6.18 Å². The molecule has 0 amide bonds. The molecule has 0 saturated heterocycles. The molecule has 1 aliphatic carbocycles. The van der Waals surface area contributed by atoms with Gasteiger partial charge in [0.1, 0.15) is 5.65 Å². The van der Waals surface area contributed by atoms with Crippen molar-refractivity contribution in [2.75, 3.05) is 0 Å². The van der Waals surface area contributed by atoms with Crippen LogP contribution in [0.5, 0.6) is 0 Å². The number of hydrogen-bond acceptors (Lipinski definition) is 2. The molecular formula is C22H21F3N4. The average Bonchev–Trinajstić information content (AvgIpc) is 3.44. The highest BCUT2D eigenvalue weighted by molar-refractivity contribution is 5.94. The van der Waals surface area contributed by atoms with Gasteiger partial charge in [-0.25, -0.2) is 9.50 Å². The number of rotatable bonds is 3. The smallest absolute Gasteiger partial charge is 0.346 e. The SMILES string of the molecule is CC(c1cnn2ccc(-c3c[nH]c4nc(C5CCCC5)ccc34)cc12)C(F)(F)F. The zero-order valence-electron chi connectivity index (χ0n) is 16.0. The number of nitrogens with one attached hydrogen (secondary N) is 1. The molecule has 0 bridgehead atoms. The Hall–Kier alpha value is -2.83. The van der Waals surface area contributed by atoms with Gasteiger partial charge in [-0.05, 0) is 49.6 Å². The second-order valence-corrected chi connectivity index (χ2v) is 7.92. The number of aromatic amines is 1. The van der Waals surface area contributed by atoms with E-state index >= 15 is 0 Å². The molecule has 0 spiro atoms. The van der Waals surface area contributed by atoms with Crippen LogP contribution in [0.1, 0.15) is 55.7 Å². The number of hydrogen-bond donors (Lipinski definition) is 1. The van der Waals surface area contributed by atoms with Crippen molar-refractivity contribution in [2.24, 2.45) is 0 Å². The van der Waals surface area contributed by atoms with Gasteiger partial charge in [-0.2, -0.15) is 18.3 Å². The maximum absolute atomic E-state index is 13.2. The van der Waals surface area contributed by atoms with E-state index < -0.39 is 12.1 Å². The normalized spacial score (nSPS) is 16.8. The summed E-state index contributed by atoms with van der Waals surface area (Å²) in [4.78, 5) is 8.05. The third-order valence-corrected chi connectivity index (χ3v) is 6.15. The summed E-state index contributed by atoms with van der Waals surface area (Å²) in [6, 6.07) is 7.80. The Labute approximate surface area is 165 Å². The van der Waals surface area contributed by atoms with E-state index in [1.165, 1.54) is 43.3 Å². The number of aromatic nitrogens is 4. The fraction of sp³-hybridized carbons (Fsp3) is 0.364.